The first-order valence-corrected chi connectivity index (χ1v) is 17.0. The van der Waals surface area contributed by atoms with Gasteiger partial charge >= 0.3 is 0 Å². The van der Waals surface area contributed by atoms with Gasteiger partial charge in [0.1, 0.15) is 0 Å². The molecule has 3 heteroatoms. The summed E-state index contributed by atoms with van der Waals surface area (Å²) < 4.78 is 0. The molecule has 5 aromatic carbocycles. The van der Waals surface area contributed by atoms with Crippen LogP contribution in [0.2, 0.25) is 0 Å². The van der Waals surface area contributed by atoms with Crippen LogP contribution < -0.4 is 5.73 Å². The van der Waals surface area contributed by atoms with Gasteiger partial charge in [0.15, 0.2) is 0 Å². The van der Waals surface area contributed by atoms with E-state index in [1.165, 1.54) is 34.9 Å². The monoisotopic (exact) mass is 653 g/mol. The van der Waals surface area contributed by atoms with E-state index in [1.807, 2.05) is 55.5 Å². The maximum absolute atomic E-state index is 8.91. The Kier molecular flexibility index (Phi) is 14.2. The molecule has 0 spiro atoms. The molecule has 0 fully saturated rings. The summed E-state index contributed by atoms with van der Waals surface area (Å²) in [5.41, 5.74) is 17.6. The molecule has 3 nitrogen and oxygen atoms in total. The Morgan fingerprint density at radius 2 is 1.24 bits per heavy atom. The van der Waals surface area contributed by atoms with Crippen LogP contribution in [0.15, 0.2) is 182 Å². The van der Waals surface area contributed by atoms with Gasteiger partial charge < -0.3 is 11.1 Å². The highest BCUT2D eigenvalue weighted by atomic mass is 14.4. The van der Waals surface area contributed by atoms with Gasteiger partial charge in [0.2, 0.25) is 0 Å². The predicted octanol–water partition coefficient (Wildman–Crippen LogP) is 11.7. The summed E-state index contributed by atoms with van der Waals surface area (Å²) in [5, 5.41) is 16.8. The molecule has 0 atom stereocenters. The van der Waals surface area contributed by atoms with Crippen molar-refractivity contribution in [3.05, 3.63) is 215 Å². The average Bonchev–Trinajstić information content (AvgIpc) is 3.19. The largest absolute Gasteiger partial charge is 0.333 e. The molecular weight excluding hydrogens is 607 g/mol. The van der Waals surface area contributed by atoms with Crippen molar-refractivity contribution in [3.63, 3.8) is 0 Å². The normalized spacial score (nSPS) is 12.4. The van der Waals surface area contributed by atoms with E-state index < -0.39 is 0 Å². The molecule has 5 aromatic rings. The van der Waals surface area contributed by atoms with Crippen LogP contribution in [0.4, 0.5) is 0 Å². The van der Waals surface area contributed by atoms with Crippen molar-refractivity contribution in [1.29, 1.82) is 10.8 Å². The van der Waals surface area contributed by atoms with E-state index in [0.29, 0.717) is 11.4 Å². The van der Waals surface area contributed by atoms with E-state index in [4.69, 9.17) is 10.8 Å². The van der Waals surface area contributed by atoms with Gasteiger partial charge in [0.05, 0.1) is 11.4 Å². The van der Waals surface area contributed by atoms with Crippen molar-refractivity contribution < 1.29 is 0 Å². The van der Waals surface area contributed by atoms with Gasteiger partial charge in [0, 0.05) is 0 Å². The standard InChI is InChI=1S/C34H29N.C12H13N.CH5N/c1-25-10-8-15-30(22-25)31-16-9-17-32(23-31)33(28-13-6-3-7-14-28)24-34(35)29-20-18-27(19-21-29)26-11-4-2-5-12-26;1-3-10(4-2)12(13)11-8-6-5-7-9-11;1-2/h3-4,6-24,35H,2,5H2,1H3;3-9,13H,1H2,2H3;2H2,1H3/b33-24-,35-34?;10-4+,13-12?;. The molecule has 0 radical (unpaired) electrons. The molecule has 0 aliphatic heterocycles. The van der Waals surface area contributed by atoms with Gasteiger partial charge in [-0.05, 0) is 102 Å². The van der Waals surface area contributed by atoms with E-state index in [2.05, 4.69) is 135 Å². The number of nitrogens with two attached hydrogens (primary N) is 1. The van der Waals surface area contributed by atoms with Crippen LogP contribution in [0.1, 0.15) is 53.1 Å². The van der Waals surface area contributed by atoms with Crippen molar-refractivity contribution in [1.82, 2.24) is 0 Å². The van der Waals surface area contributed by atoms with Crippen molar-refractivity contribution in [2.45, 2.75) is 26.7 Å². The Hall–Kier alpha value is -5.90. The number of hydrogen-bond donors (Lipinski definition) is 3. The van der Waals surface area contributed by atoms with Crippen LogP contribution in [0.25, 0.3) is 22.3 Å². The van der Waals surface area contributed by atoms with Gasteiger partial charge in [-0.2, -0.15) is 0 Å². The molecule has 250 valence electrons. The van der Waals surface area contributed by atoms with E-state index in [-0.39, 0.29) is 0 Å². The number of aryl methyl sites for hydroxylation is 1. The summed E-state index contributed by atoms with van der Waals surface area (Å²) in [7, 11) is 1.50. The molecule has 4 N–H and O–H groups in total. The highest BCUT2D eigenvalue weighted by Gasteiger charge is 2.10. The topological polar surface area (TPSA) is 73.7 Å². The second kappa shape index (κ2) is 19.2. The van der Waals surface area contributed by atoms with Crippen molar-refractivity contribution in [2.75, 3.05) is 7.05 Å². The number of rotatable bonds is 9. The Bertz CT molecular complexity index is 2010. The Morgan fingerprint density at radius 3 is 1.82 bits per heavy atom. The number of benzene rings is 5. The molecule has 0 saturated heterocycles. The van der Waals surface area contributed by atoms with E-state index >= 15 is 0 Å². The quantitative estimate of drug-likeness (QED) is 0.107. The van der Waals surface area contributed by atoms with Gasteiger partial charge in [-0.25, -0.2) is 0 Å². The molecule has 0 unspecified atom stereocenters. The van der Waals surface area contributed by atoms with E-state index in [1.54, 1.807) is 6.08 Å². The van der Waals surface area contributed by atoms with Crippen LogP contribution in [-0.2, 0) is 0 Å². The fourth-order valence-electron chi connectivity index (χ4n) is 5.68. The zero-order chi connectivity index (χ0) is 35.7. The van der Waals surface area contributed by atoms with Crippen LogP contribution >= 0.6 is 0 Å². The SMILES string of the molecule is C=C/C(=C\C)C(=N)c1ccccc1.CN.Cc1cccc(-c2cccc(/C(=C\C(=N)c3ccc(C4=CCCC=C4)cc3)c3ccccc3)c2)c1. The van der Waals surface area contributed by atoms with Crippen LogP contribution in [0, 0.1) is 17.7 Å². The first kappa shape index (κ1) is 36.9. The highest BCUT2D eigenvalue weighted by molar-refractivity contribution is 6.12. The van der Waals surface area contributed by atoms with Gasteiger partial charge in [-0.1, -0.05) is 170 Å². The van der Waals surface area contributed by atoms with Crippen LogP contribution in [0.5, 0.6) is 0 Å². The molecule has 0 amide bonds. The van der Waals surface area contributed by atoms with Gasteiger partial charge in [-0.15, -0.1) is 0 Å². The van der Waals surface area contributed by atoms with Gasteiger partial charge in [0.25, 0.3) is 0 Å². The van der Waals surface area contributed by atoms with Crippen LogP contribution in [-0.4, -0.2) is 18.5 Å². The molecule has 50 heavy (non-hydrogen) atoms. The molecule has 6 rings (SSSR count). The maximum Gasteiger partial charge on any atom is 0.0680 e. The fourth-order valence-corrected chi connectivity index (χ4v) is 5.68. The van der Waals surface area contributed by atoms with Crippen molar-refractivity contribution >= 4 is 22.6 Å². The lowest BCUT2D eigenvalue weighted by Gasteiger charge is -2.12. The molecule has 0 bridgehead atoms. The maximum atomic E-state index is 8.91. The molecule has 0 aromatic heterocycles. The summed E-state index contributed by atoms with van der Waals surface area (Å²) in [5.74, 6) is 0. The fraction of sp³-hybridized carbons (Fsp3) is 0.106. The number of hydrogen-bond acceptors (Lipinski definition) is 3. The number of allylic oxidation sites excluding steroid dienone is 8. The third-order valence-corrected chi connectivity index (χ3v) is 8.30. The zero-order valence-electron chi connectivity index (χ0n) is 29.4. The Labute approximate surface area is 298 Å². The predicted molar refractivity (Wildman–Crippen MR) is 217 cm³/mol. The molecule has 1 aliphatic carbocycles. The lowest BCUT2D eigenvalue weighted by Crippen LogP contribution is -2.00. The summed E-state index contributed by atoms with van der Waals surface area (Å²) >= 11 is 0. The zero-order valence-corrected chi connectivity index (χ0v) is 29.4. The first-order valence-electron chi connectivity index (χ1n) is 17.0. The smallest absolute Gasteiger partial charge is 0.0680 e. The lowest BCUT2D eigenvalue weighted by atomic mass is 9.92. The Morgan fingerprint density at radius 1 is 0.640 bits per heavy atom. The first-order chi connectivity index (χ1) is 24.5. The van der Waals surface area contributed by atoms with Crippen LogP contribution in [0.3, 0.4) is 0 Å². The second-order valence-electron chi connectivity index (χ2n) is 11.7. The summed E-state index contributed by atoms with van der Waals surface area (Å²) in [6, 6.07) is 45.6. The Balaban J connectivity index is 0.000000315. The lowest BCUT2D eigenvalue weighted by molar-refractivity contribution is 1.04. The molecule has 0 saturated carbocycles. The molecule has 0 heterocycles. The molecule has 1 aliphatic rings. The van der Waals surface area contributed by atoms with E-state index in [0.717, 1.165) is 46.2 Å². The summed E-state index contributed by atoms with van der Waals surface area (Å²) in [4.78, 5) is 0. The summed E-state index contributed by atoms with van der Waals surface area (Å²) in [6.45, 7) is 7.70. The third-order valence-electron chi connectivity index (χ3n) is 8.30. The van der Waals surface area contributed by atoms with Gasteiger partial charge in [-0.3, -0.25) is 5.41 Å². The second-order valence-corrected chi connectivity index (χ2v) is 11.7. The molecular formula is C47H47N3. The minimum atomic E-state index is 0.504. The van der Waals surface area contributed by atoms with Crippen molar-refractivity contribution in [3.8, 4) is 11.1 Å². The minimum absolute atomic E-state index is 0.504. The van der Waals surface area contributed by atoms with Crippen molar-refractivity contribution in [2.24, 2.45) is 5.73 Å². The summed E-state index contributed by atoms with van der Waals surface area (Å²) in [6.07, 6.45) is 14.5. The third kappa shape index (κ3) is 10.1. The minimum Gasteiger partial charge on any atom is -0.333 e. The average molecular weight is 654 g/mol. The highest BCUT2D eigenvalue weighted by Crippen LogP contribution is 2.29. The van der Waals surface area contributed by atoms with E-state index in [9.17, 15) is 0 Å². The number of nitrogens with one attached hydrogen (secondary N) is 2.